The number of rotatable bonds is 3. The van der Waals surface area contributed by atoms with Crippen molar-refractivity contribution < 1.29 is 22.0 Å². The fraction of sp³-hybridized carbons (Fsp3) is 0.128. The van der Waals surface area contributed by atoms with Gasteiger partial charge in [-0.15, -0.1) is 0 Å². The molecule has 0 N–H and O–H groups in total. The van der Waals surface area contributed by atoms with Gasteiger partial charge in [-0.25, -0.2) is 37.7 Å². The van der Waals surface area contributed by atoms with E-state index in [0.717, 1.165) is 33.2 Å². The van der Waals surface area contributed by atoms with Crippen LogP contribution in [-0.4, -0.2) is 48.3 Å². The van der Waals surface area contributed by atoms with Crippen molar-refractivity contribution in [2.45, 2.75) is 19.5 Å². The Morgan fingerprint density at radius 1 is 0.593 bits per heavy atom. The largest absolute Gasteiger partial charge is 0.434 e. The molecule has 0 saturated carbocycles. The molecule has 0 amide bonds. The Hall–Kier alpha value is -7.13. The highest BCUT2D eigenvalue weighted by atomic mass is 19.4. The zero-order valence-electron chi connectivity index (χ0n) is 28.8. The number of nitrogens with zero attached hydrogens (tertiary/aromatic N) is 10. The maximum Gasteiger partial charge on any atom is 0.434 e. The van der Waals surface area contributed by atoms with Crippen molar-refractivity contribution in [3.05, 3.63) is 144 Å². The highest BCUT2D eigenvalue weighted by molar-refractivity contribution is 5.60. The first-order valence-corrected chi connectivity index (χ1v) is 16.2. The number of aromatic nitrogens is 10. The van der Waals surface area contributed by atoms with Crippen LogP contribution in [0.25, 0.3) is 33.8 Å². The molecule has 0 aliphatic rings. The first-order chi connectivity index (χ1) is 25.9. The van der Waals surface area contributed by atoms with Crippen LogP contribution < -0.4 is 0 Å². The summed E-state index contributed by atoms with van der Waals surface area (Å²) < 4.78 is 70.3. The standard InChI is InChI=1S/C20H15F2N5.C19H12F3N5/c1-13-19(20(21)22)24-18-11-9-15(25-27(13)18)8-10-17-23-16(12-26(17)2)14-6-4-3-5-7-14;1-26-11-15(13-5-3-2-4-6-13)23-17(26)9-7-14-8-10-18-24-16(19(20,21)22)12-27(18)25-14/h3-7,9,11-12,20H,1-2H3;2-6,8,10-12H,1H3. The predicted molar refractivity (Wildman–Crippen MR) is 190 cm³/mol. The Morgan fingerprint density at radius 2 is 1.11 bits per heavy atom. The molecule has 2 aromatic carbocycles. The van der Waals surface area contributed by atoms with Crippen LogP contribution in [0.2, 0.25) is 0 Å². The van der Waals surface area contributed by atoms with Crippen LogP contribution in [0.3, 0.4) is 0 Å². The van der Waals surface area contributed by atoms with Gasteiger partial charge in [0.25, 0.3) is 6.43 Å². The van der Waals surface area contributed by atoms with Crippen molar-refractivity contribution in [3.8, 4) is 46.2 Å². The Balaban J connectivity index is 0.000000167. The first kappa shape index (κ1) is 35.3. The lowest BCUT2D eigenvalue weighted by Crippen LogP contribution is -2.04. The zero-order valence-corrected chi connectivity index (χ0v) is 28.8. The SMILES string of the molecule is Cc1c(C(F)F)nc2ccc(C#Cc3nc(-c4ccccc4)cn3C)nn12.Cn1cc(-c2ccccc2)nc1C#Cc1ccc2nc(C(F)(F)F)cn2n1. The molecule has 54 heavy (non-hydrogen) atoms. The van der Waals surface area contributed by atoms with Gasteiger partial charge in [0.1, 0.15) is 17.1 Å². The Kier molecular flexibility index (Phi) is 9.46. The second kappa shape index (κ2) is 14.5. The molecule has 8 aromatic rings. The van der Waals surface area contributed by atoms with E-state index >= 15 is 0 Å². The molecule has 0 aliphatic heterocycles. The van der Waals surface area contributed by atoms with Crippen LogP contribution in [0, 0.1) is 30.6 Å². The maximum atomic E-state index is 13.0. The van der Waals surface area contributed by atoms with E-state index in [4.69, 9.17) is 0 Å². The molecule has 6 aromatic heterocycles. The Labute approximate surface area is 304 Å². The smallest absolute Gasteiger partial charge is 0.327 e. The number of alkyl halides is 5. The van der Waals surface area contributed by atoms with Crippen molar-refractivity contribution in [1.82, 2.24) is 48.3 Å². The number of imidazole rings is 4. The molecule has 8 rings (SSSR count). The molecule has 10 nitrogen and oxygen atoms in total. The fourth-order valence-corrected chi connectivity index (χ4v) is 5.32. The Bertz CT molecular complexity index is 2740. The van der Waals surface area contributed by atoms with Gasteiger partial charge in [-0.1, -0.05) is 60.7 Å². The van der Waals surface area contributed by atoms with E-state index in [1.54, 1.807) is 23.6 Å². The molecule has 0 saturated heterocycles. The fourth-order valence-electron chi connectivity index (χ4n) is 5.32. The summed E-state index contributed by atoms with van der Waals surface area (Å²) in [4.78, 5) is 16.4. The molecule has 15 heteroatoms. The van der Waals surface area contributed by atoms with Gasteiger partial charge in [0.2, 0.25) is 0 Å². The van der Waals surface area contributed by atoms with Crippen LogP contribution >= 0.6 is 0 Å². The summed E-state index contributed by atoms with van der Waals surface area (Å²) in [5, 5.41) is 8.36. The van der Waals surface area contributed by atoms with Gasteiger partial charge in [-0.3, -0.25) is 0 Å². The van der Waals surface area contributed by atoms with E-state index in [2.05, 4.69) is 53.8 Å². The van der Waals surface area contributed by atoms with Crippen molar-refractivity contribution in [2.24, 2.45) is 14.1 Å². The summed E-state index contributed by atoms with van der Waals surface area (Å²) in [5.74, 6) is 12.8. The number of halogens is 5. The number of hydrogen-bond donors (Lipinski definition) is 0. The average Bonchev–Trinajstić information content (AvgIpc) is 3.95. The van der Waals surface area contributed by atoms with Crippen molar-refractivity contribution >= 4 is 11.3 Å². The molecule has 6 heterocycles. The zero-order chi connectivity index (χ0) is 38.0. The molecule has 0 fully saturated rings. The van der Waals surface area contributed by atoms with E-state index in [9.17, 15) is 22.0 Å². The number of fused-ring (bicyclic) bond motifs is 2. The first-order valence-electron chi connectivity index (χ1n) is 16.2. The third-order valence-electron chi connectivity index (χ3n) is 8.05. The molecular formula is C39H27F5N10. The minimum Gasteiger partial charge on any atom is -0.327 e. The van der Waals surface area contributed by atoms with Crippen LogP contribution in [0.5, 0.6) is 0 Å². The molecule has 268 valence electrons. The average molecular weight is 731 g/mol. The maximum absolute atomic E-state index is 13.0. The van der Waals surface area contributed by atoms with Gasteiger partial charge in [-0.2, -0.15) is 23.4 Å². The van der Waals surface area contributed by atoms with E-state index < -0.39 is 18.3 Å². The van der Waals surface area contributed by atoms with E-state index in [-0.39, 0.29) is 11.3 Å². The summed E-state index contributed by atoms with van der Waals surface area (Å²) in [6, 6.07) is 25.8. The van der Waals surface area contributed by atoms with Crippen LogP contribution in [0.1, 0.15) is 46.5 Å². The molecule has 0 unspecified atom stereocenters. The number of hydrogen-bond acceptors (Lipinski definition) is 6. The van der Waals surface area contributed by atoms with Crippen molar-refractivity contribution in [3.63, 3.8) is 0 Å². The Morgan fingerprint density at radius 3 is 1.63 bits per heavy atom. The topological polar surface area (TPSA) is 96.0 Å². The van der Waals surface area contributed by atoms with Gasteiger partial charge in [-0.05, 0) is 54.9 Å². The molecule has 0 atom stereocenters. The van der Waals surface area contributed by atoms with Crippen molar-refractivity contribution in [1.29, 1.82) is 0 Å². The molecule has 0 radical (unpaired) electrons. The minimum absolute atomic E-state index is 0.108. The van der Waals surface area contributed by atoms with Crippen LogP contribution in [0.15, 0.2) is 104 Å². The summed E-state index contributed by atoms with van der Waals surface area (Å²) in [6.45, 7) is 1.57. The van der Waals surface area contributed by atoms with Crippen LogP contribution in [-0.2, 0) is 20.3 Å². The normalized spacial score (nSPS) is 11.2. The van der Waals surface area contributed by atoms with E-state index in [1.165, 1.54) is 16.6 Å². The second-order valence-electron chi connectivity index (χ2n) is 11.9. The predicted octanol–water partition coefficient (Wildman–Crippen LogP) is 7.32. The van der Waals surface area contributed by atoms with Gasteiger partial charge >= 0.3 is 6.18 Å². The summed E-state index contributed by atoms with van der Waals surface area (Å²) in [6.07, 6.45) is -2.54. The molecule has 0 spiro atoms. The summed E-state index contributed by atoms with van der Waals surface area (Å²) in [5.41, 5.74) is 3.91. The lowest BCUT2D eigenvalue weighted by atomic mass is 10.2. The van der Waals surface area contributed by atoms with E-state index in [1.807, 2.05) is 91.7 Å². The minimum atomic E-state index is -4.51. The molecular weight excluding hydrogens is 703 g/mol. The molecule has 0 bridgehead atoms. The highest BCUT2D eigenvalue weighted by Crippen LogP contribution is 2.28. The van der Waals surface area contributed by atoms with Gasteiger partial charge in [0.05, 0.1) is 23.3 Å². The monoisotopic (exact) mass is 730 g/mol. The summed E-state index contributed by atoms with van der Waals surface area (Å²) in [7, 11) is 3.69. The third-order valence-corrected chi connectivity index (χ3v) is 8.05. The van der Waals surface area contributed by atoms with Crippen molar-refractivity contribution in [2.75, 3.05) is 0 Å². The second-order valence-corrected chi connectivity index (χ2v) is 11.9. The third kappa shape index (κ3) is 7.56. The van der Waals surface area contributed by atoms with Gasteiger partial charge in [0, 0.05) is 37.6 Å². The molecule has 0 aliphatic carbocycles. The van der Waals surface area contributed by atoms with Gasteiger partial charge in [0.15, 0.2) is 28.6 Å². The van der Waals surface area contributed by atoms with E-state index in [0.29, 0.717) is 34.4 Å². The quantitative estimate of drug-likeness (QED) is 0.140. The number of benzene rings is 2. The number of aryl methyl sites for hydroxylation is 3. The lowest BCUT2D eigenvalue weighted by Gasteiger charge is -1.98. The van der Waals surface area contributed by atoms with Gasteiger partial charge < -0.3 is 9.13 Å². The van der Waals surface area contributed by atoms with Crippen LogP contribution in [0.4, 0.5) is 22.0 Å². The summed E-state index contributed by atoms with van der Waals surface area (Å²) >= 11 is 0. The highest BCUT2D eigenvalue weighted by Gasteiger charge is 2.34. The lowest BCUT2D eigenvalue weighted by molar-refractivity contribution is -0.140.